The van der Waals surface area contributed by atoms with Crippen LogP contribution >= 0.6 is 0 Å². The maximum absolute atomic E-state index is 13.1. The second kappa shape index (κ2) is 10.1. The molecule has 0 aromatic heterocycles. The van der Waals surface area contributed by atoms with Gasteiger partial charge in [0.1, 0.15) is 12.6 Å². The zero-order valence-electron chi connectivity index (χ0n) is 20.1. The first-order chi connectivity index (χ1) is 16.7. The van der Waals surface area contributed by atoms with E-state index in [-0.39, 0.29) is 25.0 Å². The second-order valence-corrected chi connectivity index (χ2v) is 9.74. The summed E-state index contributed by atoms with van der Waals surface area (Å²) in [5.74, 6) is -1.95. The molecule has 1 fully saturated rings. The predicted molar refractivity (Wildman–Crippen MR) is 130 cm³/mol. The number of carbonyl (C=O) groups is 3. The van der Waals surface area contributed by atoms with E-state index in [1.54, 1.807) is 0 Å². The summed E-state index contributed by atoms with van der Waals surface area (Å²) >= 11 is 0. The molecule has 2 atom stereocenters. The Bertz CT molecular complexity index is 1070. The summed E-state index contributed by atoms with van der Waals surface area (Å²) in [4.78, 5) is 38.7. The lowest BCUT2D eigenvalue weighted by Gasteiger charge is -2.42. The van der Waals surface area contributed by atoms with Gasteiger partial charge in [0.25, 0.3) is 0 Å². The zero-order chi connectivity index (χ0) is 25.2. The molecule has 186 valence electrons. The third kappa shape index (κ3) is 5.17. The van der Waals surface area contributed by atoms with Crippen LogP contribution in [0.2, 0.25) is 0 Å². The van der Waals surface area contributed by atoms with E-state index in [4.69, 9.17) is 4.74 Å². The van der Waals surface area contributed by atoms with Crippen molar-refractivity contribution in [1.29, 1.82) is 0 Å². The van der Waals surface area contributed by atoms with E-state index >= 15 is 0 Å². The Hall–Kier alpha value is -3.39. The van der Waals surface area contributed by atoms with Crippen molar-refractivity contribution in [2.24, 2.45) is 5.92 Å². The number of carbonyl (C=O) groups excluding carboxylic acids is 2. The fourth-order valence-corrected chi connectivity index (χ4v) is 5.10. The van der Waals surface area contributed by atoms with Crippen molar-refractivity contribution in [2.45, 2.75) is 50.7 Å². The van der Waals surface area contributed by atoms with Crippen LogP contribution in [0.4, 0.5) is 4.79 Å². The lowest BCUT2D eigenvalue weighted by atomic mass is 9.82. The number of piperidine rings is 1. The maximum atomic E-state index is 13.1. The topological polar surface area (TPSA) is 116 Å². The zero-order valence-corrected chi connectivity index (χ0v) is 20.1. The summed E-state index contributed by atoms with van der Waals surface area (Å²) in [5, 5.41) is 22.7. The summed E-state index contributed by atoms with van der Waals surface area (Å²) in [7, 11) is 0. The van der Waals surface area contributed by atoms with Gasteiger partial charge in [0.15, 0.2) is 0 Å². The molecule has 4 rings (SSSR count). The van der Waals surface area contributed by atoms with E-state index in [2.05, 4.69) is 5.32 Å². The molecule has 35 heavy (non-hydrogen) atoms. The van der Waals surface area contributed by atoms with Gasteiger partial charge in [0.2, 0.25) is 5.91 Å². The summed E-state index contributed by atoms with van der Waals surface area (Å²) in [6, 6.07) is 14.6. The normalized spacial score (nSPS) is 20.2. The molecule has 2 aromatic carbocycles. The van der Waals surface area contributed by atoms with Crippen molar-refractivity contribution >= 4 is 18.0 Å². The molecule has 0 radical (unpaired) electrons. The molecule has 2 aromatic rings. The van der Waals surface area contributed by atoms with Gasteiger partial charge in [-0.15, -0.1) is 0 Å². The van der Waals surface area contributed by atoms with Gasteiger partial charge >= 0.3 is 12.1 Å². The Morgan fingerprint density at radius 1 is 1.09 bits per heavy atom. The second-order valence-electron chi connectivity index (χ2n) is 9.74. The van der Waals surface area contributed by atoms with Crippen molar-refractivity contribution in [3.63, 3.8) is 0 Å². The molecular weight excluding hydrogens is 448 g/mol. The largest absolute Gasteiger partial charge is 0.481 e. The van der Waals surface area contributed by atoms with Gasteiger partial charge in [-0.25, -0.2) is 4.79 Å². The number of amides is 2. The maximum Gasteiger partial charge on any atom is 0.407 e. The first-order valence-electron chi connectivity index (χ1n) is 12.0. The monoisotopic (exact) mass is 480 g/mol. The third-order valence-corrected chi connectivity index (χ3v) is 7.20. The molecule has 8 heteroatoms. The highest BCUT2D eigenvalue weighted by atomic mass is 16.5. The van der Waals surface area contributed by atoms with E-state index in [1.165, 1.54) is 4.90 Å². The number of fused-ring (bicyclic) bond motifs is 3. The molecule has 1 heterocycles. The molecule has 8 nitrogen and oxygen atoms in total. The first-order valence-corrected chi connectivity index (χ1v) is 12.0. The van der Waals surface area contributed by atoms with Crippen LogP contribution in [0.3, 0.4) is 0 Å². The number of hydrogen-bond acceptors (Lipinski definition) is 5. The number of carboxylic acids is 1. The molecule has 2 unspecified atom stereocenters. The van der Waals surface area contributed by atoms with Crippen LogP contribution in [0.1, 0.15) is 50.2 Å². The minimum Gasteiger partial charge on any atom is -0.481 e. The highest BCUT2D eigenvalue weighted by Gasteiger charge is 2.40. The summed E-state index contributed by atoms with van der Waals surface area (Å²) in [6.45, 7) is 4.34. The quantitative estimate of drug-likeness (QED) is 0.560. The number of aliphatic carboxylic acids is 1. The van der Waals surface area contributed by atoms with Crippen LogP contribution in [0.5, 0.6) is 0 Å². The van der Waals surface area contributed by atoms with E-state index in [0.717, 1.165) is 22.3 Å². The molecule has 1 aliphatic heterocycles. The number of nitrogens with zero attached hydrogens (tertiary/aromatic N) is 1. The average Bonchev–Trinajstić information content (AvgIpc) is 3.15. The van der Waals surface area contributed by atoms with E-state index in [1.807, 2.05) is 62.4 Å². The summed E-state index contributed by atoms with van der Waals surface area (Å²) in [6.07, 6.45) is -0.245. The van der Waals surface area contributed by atoms with Crippen LogP contribution in [0.25, 0.3) is 11.1 Å². The number of ether oxygens (including phenoxy) is 1. The summed E-state index contributed by atoms with van der Waals surface area (Å²) in [5.41, 5.74) is 3.27. The lowest BCUT2D eigenvalue weighted by molar-refractivity contribution is -0.147. The Morgan fingerprint density at radius 3 is 2.26 bits per heavy atom. The van der Waals surface area contributed by atoms with Crippen LogP contribution in [-0.2, 0) is 14.3 Å². The predicted octanol–water partition coefficient (Wildman–Crippen LogP) is 3.38. The first kappa shape index (κ1) is 24.7. The minimum absolute atomic E-state index is 0.0602. The van der Waals surface area contributed by atoms with Crippen molar-refractivity contribution in [1.82, 2.24) is 10.2 Å². The van der Waals surface area contributed by atoms with E-state index in [9.17, 15) is 24.6 Å². The fourth-order valence-electron chi connectivity index (χ4n) is 5.10. The molecule has 1 saturated heterocycles. The molecule has 0 bridgehead atoms. The van der Waals surface area contributed by atoms with Gasteiger partial charge in [-0.1, -0.05) is 62.4 Å². The van der Waals surface area contributed by atoms with Crippen LogP contribution < -0.4 is 5.32 Å². The van der Waals surface area contributed by atoms with Crippen molar-refractivity contribution < 1.29 is 29.3 Å². The average molecular weight is 481 g/mol. The number of alkyl carbamates (subject to hydrolysis) is 1. The Balaban J connectivity index is 1.43. The van der Waals surface area contributed by atoms with Crippen molar-refractivity contribution in [2.75, 3.05) is 19.7 Å². The number of β-amino-alcohol motifs (C(OH)–C–C–N with tert-alkyl or cyclic N) is 1. The fraction of sp³-hybridized carbons (Fsp3) is 0.444. The highest BCUT2D eigenvalue weighted by Crippen LogP contribution is 2.44. The number of rotatable bonds is 7. The minimum atomic E-state index is -1.28. The van der Waals surface area contributed by atoms with Gasteiger partial charge in [-0.3, -0.25) is 9.59 Å². The van der Waals surface area contributed by atoms with Crippen molar-refractivity contribution in [3.05, 3.63) is 59.7 Å². The highest BCUT2D eigenvalue weighted by molar-refractivity contribution is 5.89. The SMILES string of the molecule is CC(C)C1(O)CCCN(C(=O)C(CC(=O)O)NC(=O)OCC2c3ccccc3-c3ccccc32)C1. The van der Waals surface area contributed by atoms with Crippen LogP contribution in [-0.4, -0.2) is 64.4 Å². The van der Waals surface area contributed by atoms with Crippen LogP contribution in [0.15, 0.2) is 48.5 Å². The van der Waals surface area contributed by atoms with Gasteiger partial charge in [0.05, 0.1) is 12.0 Å². The number of hydrogen-bond donors (Lipinski definition) is 3. The lowest BCUT2D eigenvalue weighted by Crippen LogP contribution is -2.57. The number of likely N-dealkylation sites (tertiary alicyclic amines) is 1. The third-order valence-electron chi connectivity index (χ3n) is 7.20. The Labute approximate surface area is 204 Å². The Kier molecular flexibility index (Phi) is 7.12. The van der Waals surface area contributed by atoms with Gasteiger partial charge < -0.3 is 25.2 Å². The molecule has 2 amide bonds. The molecule has 0 saturated carbocycles. The van der Waals surface area contributed by atoms with E-state index < -0.39 is 36.0 Å². The smallest absolute Gasteiger partial charge is 0.407 e. The molecular formula is C27H32N2O6. The number of benzene rings is 2. The molecule has 2 aliphatic rings. The van der Waals surface area contributed by atoms with Gasteiger partial charge in [-0.05, 0) is 41.0 Å². The number of nitrogens with one attached hydrogen (secondary N) is 1. The molecule has 1 aliphatic carbocycles. The van der Waals surface area contributed by atoms with Crippen LogP contribution in [0, 0.1) is 5.92 Å². The van der Waals surface area contributed by atoms with Gasteiger partial charge in [-0.2, -0.15) is 0 Å². The number of carboxylic acid groups (broad SMARTS) is 1. The van der Waals surface area contributed by atoms with Crippen molar-refractivity contribution in [3.8, 4) is 11.1 Å². The Morgan fingerprint density at radius 2 is 1.69 bits per heavy atom. The van der Waals surface area contributed by atoms with Gasteiger partial charge in [0, 0.05) is 19.0 Å². The molecule has 0 spiro atoms. The van der Waals surface area contributed by atoms with E-state index in [0.29, 0.717) is 19.4 Å². The standard InChI is InChI=1S/C27H32N2O6/c1-17(2)27(34)12-7-13-29(16-27)25(32)23(14-24(30)31)28-26(33)35-15-22-20-10-5-3-8-18(20)19-9-4-6-11-21(19)22/h3-6,8-11,17,22-23,34H,7,12-16H2,1-2H3,(H,28,33)(H,30,31). The molecule has 3 N–H and O–H groups in total. The summed E-state index contributed by atoms with van der Waals surface area (Å²) < 4.78 is 5.51. The number of aliphatic hydroxyl groups is 1.